The minimum absolute atomic E-state index is 0.496. The first-order valence-electron chi connectivity index (χ1n) is 7.50. The van der Waals surface area contributed by atoms with Gasteiger partial charge in [0.05, 0.1) is 6.10 Å². The molecule has 110 valence electrons. The Morgan fingerprint density at radius 2 is 1.90 bits per heavy atom. The van der Waals surface area contributed by atoms with Crippen molar-refractivity contribution in [2.24, 2.45) is 5.92 Å². The Bertz CT molecular complexity index is 609. The van der Waals surface area contributed by atoms with E-state index in [4.69, 9.17) is 5.73 Å². The molecule has 0 amide bonds. The highest BCUT2D eigenvalue weighted by Crippen LogP contribution is 2.31. The lowest BCUT2D eigenvalue weighted by molar-refractivity contribution is 0.181. The van der Waals surface area contributed by atoms with Gasteiger partial charge in [0.15, 0.2) is 0 Å². The van der Waals surface area contributed by atoms with Gasteiger partial charge in [0.2, 0.25) is 0 Å². The Morgan fingerprint density at radius 1 is 1.19 bits per heavy atom. The van der Waals surface area contributed by atoms with Gasteiger partial charge < -0.3 is 15.7 Å². The summed E-state index contributed by atoms with van der Waals surface area (Å²) < 4.78 is 0. The van der Waals surface area contributed by atoms with Crippen molar-refractivity contribution in [3.8, 4) is 0 Å². The fourth-order valence-electron chi connectivity index (χ4n) is 3.11. The molecule has 0 bridgehead atoms. The minimum atomic E-state index is -0.496. The van der Waals surface area contributed by atoms with E-state index < -0.39 is 6.10 Å². The van der Waals surface area contributed by atoms with Crippen molar-refractivity contribution in [1.29, 1.82) is 0 Å². The molecular formula is C18H22N2O. The summed E-state index contributed by atoms with van der Waals surface area (Å²) >= 11 is 0. The topological polar surface area (TPSA) is 49.5 Å². The van der Waals surface area contributed by atoms with Crippen LogP contribution in [0.1, 0.15) is 24.2 Å². The molecule has 2 aromatic carbocycles. The van der Waals surface area contributed by atoms with E-state index in [-0.39, 0.29) is 0 Å². The number of aliphatic hydroxyl groups excluding tert-OH is 1. The van der Waals surface area contributed by atoms with E-state index in [0.717, 1.165) is 24.2 Å². The van der Waals surface area contributed by atoms with E-state index in [0.29, 0.717) is 12.5 Å². The van der Waals surface area contributed by atoms with E-state index in [1.54, 1.807) is 0 Å². The molecular weight excluding hydrogens is 260 g/mol. The van der Waals surface area contributed by atoms with Gasteiger partial charge in [0.25, 0.3) is 0 Å². The van der Waals surface area contributed by atoms with Crippen molar-refractivity contribution in [3.63, 3.8) is 0 Å². The van der Waals surface area contributed by atoms with Gasteiger partial charge in [0.1, 0.15) is 0 Å². The lowest BCUT2D eigenvalue weighted by atomic mass is 9.93. The lowest BCUT2D eigenvalue weighted by Gasteiger charge is -2.36. The number of hydrogen-bond donors (Lipinski definition) is 2. The molecule has 0 fully saturated rings. The third-order valence-corrected chi connectivity index (χ3v) is 4.15. The van der Waals surface area contributed by atoms with Gasteiger partial charge in [-0.2, -0.15) is 0 Å². The second-order valence-electron chi connectivity index (χ2n) is 6.03. The number of aliphatic hydroxyl groups is 1. The zero-order chi connectivity index (χ0) is 14.8. The van der Waals surface area contributed by atoms with Gasteiger partial charge in [-0.25, -0.2) is 0 Å². The summed E-state index contributed by atoms with van der Waals surface area (Å²) in [6.07, 6.45) is 0.619. The first kappa shape index (κ1) is 14.0. The third kappa shape index (κ3) is 3.03. The zero-order valence-electron chi connectivity index (χ0n) is 12.4. The number of anilines is 2. The highest BCUT2D eigenvalue weighted by Gasteiger charge is 2.23. The quantitative estimate of drug-likeness (QED) is 0.851. The van der Waals surface area contributed by atoms with Crippen LogP contribution in [0.5, 0.6) is 0 Å². The maximum absolute atomic E-state index is 10.5. The smallest absolute Gasteiger partial charge is 0.0964 e. The van der Waals surface area contributed by atoms with Crippen molar-refractivity contribution in [1.82, 2.24) is 0 Å². The van der Waals surface area contributed by atoms with Gasteiger partial charge in [0, 0.05) is 24.5 Å². The number of nitrogens with two attached hydrogens (primary N) is 1. The van der Waals surface area contributed by atoms with Crippen molar-refractivity contribution in [2.45, 2.75) is 19.4 Å². The number of β-amino-alcohol motifs (C(OH)–C–C–N with tert-alkyl or cyclic N) is 1. The van der Waals surface area contributed by atoms with Crippen molar-refractivity contribution >= 4 is 11.4 Å². The monoisotopic (exact) mass is 282 g/mol. The zero-order valence-corrected chi connectivity index (χ0v) is 12.4. The predicted molar refractivity (Wildman–Crippen MR) is 87.3 cm³/mol. The number of benzene rings is 2. The molecule has 2 unspecified atom stereocenters. The molecule has 1 aliphatic heterocycles. The van der Waals surface area contributed by atoms with Crippen LogP contribution in [-0.4, -0.2) is 18.2 Å². The molecule has 0 radical (unpaired) electrons. The van der Waals surface area contributed by atoms with Crippen LogP contribution in [0.4, 0.5) is 11.4 Å². The Morgan fingerprint density at radius 3 is 2.67 bits per heavy atom. The summed E-state index contributed by atoms with van der Waals surface area (Å²) in [7, 11) is 0. The fraction of sp³-hybridized carbons (Fsp3) is 0.333. The van der Waals surface area contributed by atoms with Gasteiger partial charge in [-0.15, -0.1) is 0 Å². The highest BCUT2D eigenvalue weighted by atomic mass is 16.3. The molecule has 0 saturated carbocycles. The minimum Gasteiger partial charge on any atom is -0.399 e. The molecule has 0 spiro atoms. The third-order valence-electron chi connectivity index (χ3n) is 4.15. The SMILES string of the molecule is CC1Cc2ccccc2N(CC(O)c2ccc(N)cc2)C1. The molecule has 1 aliphatic rings. The molecule has 21 heavy (non-hydrogen) atoms. The van der Waals surface area contributed by atoms with Gasteiger partial charge in [-0.1, -0.05) is 37.3 Å². The van der Waals surface area contributed by atoms with Crippen LogP contribution in [-0.2, 0) is 6.42 Å². The fourth-order valence-corrected chi connectivity index (χ4v) is 3.11. The van der Waals surface area contributed by atoms with E-state index in [9.17, 15) is 5.11 Å². The average molecular weight is 282 g/mol. The van der Waals surface area contributed by atoms with Gasteiger partial charge in [-0.3, -0.25) is 0 Å². The summed E-state index contributed by atoms with van der Waals surface area (Å²) in [6.45, 7) is 3.87. The van der Waals surface area contributed by atoms with Crippen LogP contribution in [0.2, 0.25) is 0 Å². The van der Waals surface area contributed by atoms with Crippen LogP contribution >= 0.6 is 0 Å². The van der Waals surface area contributed by atoms with E-state index >= 15 is 0 Å². The van der Waals surface area contributed by atoms with E-state index in [1.807, 2.05) is 24.3 Å². The number of rotatable bonds is 3. The molecule has 3 rings (SSSR count). The Labute approximate surface area is 126 Å². The summed E-state index contributed by atoms with van der Waals surface area (Å²) in [5, 5.41) is 10.5. The van der Waals surface area contributed by atoms with Crippen LogP contribution in [0.25, 0.3) is 0 Å². The number of nitrogen functional groups attached to an aromatic ring is 1. The van der Waals surface area contributed by atoms with Crippen molar-refractivity contribution < 1.29 is 5.11 Å². The average Bonchev–Trinajstić information content (AvgIpc) is 2.47. The Kier molecular flexibility index (Phi) is 3.84. The highest BCUT2D eigenvalue weighted by molar-refractivity contribution is 5.56. The Hall–Kier alpha value is -2.00. The summed E-state index contributed by atoms with van der Waals surface area (Å²) in [4.78, 5) is 2.30. The van der Waals surface area contributed by atoms with E-state index in [1.165, 1.54) is 11.3 Å². The number of para-hydroxylation sites is 1. The maximum atomic E-state index is 10.5. The van der Waals surface area contributed by atoms with Gasteiger partial charge >= 0.3 is 0 Å². The van der Waals surface area contributed by atoms with Crippen LogP contribution in [0.3, 0.4) is 0 Å². The maximum Gasteiger partial charge on any atom is 0.0964 e. The summed E-state index contributed by atoms with van der Waals surface area (Å²) in [5.41, 5.74) is 9.97. The molecule has 3 heteroatoms. The van der Waals surface area contributed by atoms with Crippen molar-refractivity contribution in [2.75, 3.05) is 23.7 Å². The van der Waals surface area contributed by atoms with Crippen LogP contribution in [0.15, 0.2) is 48.5 Å². The summed E-state index contributed by atoms with van der Waals surface area (Å²) in [6, 6.07) is 16.0. The molecule has 2 atom stereocenters. The molecule has 3 N–H and O–H groups in total. The summed E-state index contributed by atoms with van der Waals surface area (Å²) in [5.74, 6) is 0.610. The van der Waals surface area contributed by atoms with Gasteiger partial charge in [-0.05, 0) is 41.7 Å². The largest absolute Gasteiger partial charge is 0.399 e. The van der Waals surface area contributed by atoms with E-state index in [2.05, 4.69) is 36.1 Å². The van der Waals surface area contributed by atoms with Crippen molar-refractivity contribution in [3.05, 3.63) is 59.7 Å². The second kappa shape index (κ2) is 5.78. The number of hydrogen-bond acceptors (Lipinski definition) is 3. The lowest BCUT2D eigenvalue weighted by Crippen LogP contribution is -2.37. The van der Waals surface area contributed by atoms with Crippen LogP contribution < -0.4 is 10.6 Å². The number of nitrogens with zero attached hydrogens (tertiary/aromatic N) is 1. The molecule has 0 saturated heterocycles. The first-order valence-corrected chi connectivity index (χ1v) is 7.50. The predicted octanol–water partition coefficient (Wildman–Crippen LogP) is 3.00. The Balaban J connectivity index is 1.79. The molecule has 0 aromatic heterocycles. The second-order valence-corrected chi connectivity index (χ2v) is 6.03. The standard InChI is InChI=1S/C18H22N2O/c1-13-10-15-4-2-3-5-17(15)20(11-13)12-18(21)14-6-8-16(19)9-7-14/h2-9,13,18,21H,10-12,19H2,1H3. The molecule has 1 heterocycles. The molecule has 2 aromatic rings. The molecule has 0 aliphatic carbocycles. The first-order chi connectivity index (χ1) is 10.1. The molecule has 3 nitrogen and oxygen atoms in total. The van der Waals surface area contributed by atoms with Crippen LogP contribution in [0, 0.1) is 5.92 Å². The normalized spacial score (nSPS) is 19.1. The number of fused-ring (bicyclic) bond motifs is 1.